The molecule has 0 aromatic carbocycles. The molecule has 0 saturated carbocycles. The zero-order valence-corrected chi connectivity index (χ0v) is 9.27. The molecule has 0 amide bonds. The molecule has 1 aliphatic carbocycles. The second-order valence-corrected chi connectivity index (χ2v) is 3.02. The number of allylic oxidation sites excluding steroid dienone is 4. The first kappa shape index (κ1) is 14.1. The Balaban J connectivity index is 0.000000921. The fraction of sp³-hybridized carbons (Fsp3) is 0.636. The maximum Gasteiger partial charge on any atom is 0.572 e. The van der Waals surface area contributed by atoms with Crippen molar-refractivity contribution in [1.82, 2.24) is 0 Å². The van der Waals surface area contributed by atoms with E-state index >= 15 is 0 Å². The molecule has 0 radical (unpaired) electrons. The van der Waals surface area contributed by atoms with Crippen LogP contribution in [-0.2, 0) is 4.74 Å². The van der Waals surface area contributed by atoms with Gasteiger partial charge < -0.3 is 4.74 Å². The molecule has 1 atom stereocenters. The molecule has 0 saturated heterocycles. The van der Waals surface area contributed by atoms with Crippen LogP contribution >= 0.6 is 0 Å². The zero-order valence-electron chi connectivity index (χ0n) is 9.27. The molecule has 0 heterocycles. The molecule has 1 aliphatic rings. The van der Waals surface area contributed by atoms with Crippen LogP contribution in [0.25, 0.3) is 0 Å². The fourth-order valence-corrected chi connectivity index (χ4v) is 1.18. The van der Waals surface area contributed by atoms with Crippen LogP contribution in [0.5, 0.6) is 0 Å². The molecular formula is C11H17F3O. The number of rotatable bonds is 1. The predicted octanol–water partition coefficient (Wildman–Crippen LogP) is 4.42. The molecule has 1 nitrogen and oxygen atoms in total. The summed E-state index contributed by atoms with van der Waals surface area (Å²) < 4.78 is 39.5. The summed E-state index contributed by atoms with van der Waals surface area (Å²) >= 11 is 0. The molecule has 0 spiro atoms. The molecule has 1 unspecified atom stereocenters. The number of ether oxygens (including phenoxy) is 1. The molecule has 0 bridgehead atoms. The lowest BCUT2D eigenvalue weighted by Gasteiger charge is -2.16. The van der Waals surface area contributed by atoms with E-state index in [4.69, 9.17) is 0 Å². The van der Waals surface area contributed by atoms with E-state index in [1.807, 2.05) is 19.9 Å². The lowest BCUT2D eigenvalue weighted by molar-refractivity contribution is -0.308. The van der Waals surface area contributed by atoms with Crippen molar-refractivity contribution in [2.75, 3.05) is 0 Å². The van der Waals surface area contributed by atoms with Gasteiger partial charge in [-0.25, -0.2) is 0 Å². The summed E-state index contributed by atoms with van der Waals surface area (Å²) in [5.74, 6) is -0.169. The third-order valence-electron chi connectivity index (χ3n) is 1.88. The SMILES string of the molecule is CC.CC1CCC=CC=C1OC(F)(F)F. The van der Waals surface area contributed by atoms with Crippen molar-refractivity contribution in [3.8, 4) is 0 Å². The minimum absolute atomic E-state index is 0.00116. The quantitative estimate of drug-likeness (QED) is 0.638. The topological polar surface area (TPSA) is 9.23 Å². The Morgan fingerprint density at radius 3 is 2.47 bits per heavy atom. The highest BCUT2D eigenvalue weighted by Gasteiger charge is 2.33. The predicted molar refractivity (Wildman–Crippen MR) is 54.1 cm³/mol. The molecule has 0 aromatic heterocycles. The van der Waals surface area contributed by atoms with E-state index in [0.29, 0.717) is 6.42 Å². The van der Waals surface area contributed by atoms with E-state index < -0.39 is 6.36 Å². The summed E-state index contributed by atoms with van der Waals surface area (Å²) in [6.07, 6.45) is 1.73. The van der Waals surface area contributed by atoms with E-state index in [1.54, 1.807) is 13.0 Å². The fourth-order valence-electron chi connectivity index (χ4n) is 1.18. The number of halogens is 3. The first-order valence-electron chi connectivity index (χ1n) is 5.11. The van der Waals surface area contributed by atoms with Gasteiger partial charge in [0.25, 0.3) is 0 Å². The highest BCUT2D eigenvalue weighted by Crippen LogP contribution is 2.28. The molecule has 0 aromatic rings. The van der Waals surface area contributed by atoms with Crippen LogP contribution in [0.15, 0.2) is 24.0 Å². The van der Waals surface area contributed by atoms with Crippen molar-refractivity contribution in [2.45, 2.75) is 40.0 Å². The summed E-state index contributed by atoms with van der Waals surface area (Å²) in [5, 5.41) is 0. The van der Waals surface area contributed by atoms with Crippen LogP contribution in [0.3, 0.4) is 0 Å². The highest BCUT2D eigenvalue weighted by atomic mass is 19.4. The smallest absolute Gasteiger partial charge is 0.410 e. The van der Waals surface area contributed by atoms with Crippen molar-refractivity contribution in [2.24, 2.45) is 5.92 Å². The lowest BCUT2D eigenvalue weighted by atomic mass is 10.1. The van der Waals surface area contributed by atoms with E-state index in [-0.39, 0.29) is 11.7 Å². The second kappa shape index (κ2) is 6.53. The second-order valence-electron chi connectivity index (χ2n) is 3.02. The van der Waals surface area contributed by atoms with Gasteiger partial charge >= 0.3 is 6.36 Å². The molecule has 4 heteroatoms. The van der Waals surface area contributed by atoms with E-state index in [0.717, 1.165) is 6.42 Å². The van der Waals surface area contributed by atoms with Crippen LogP contribution in [0.1, 0.15) is 33.6 Å². The van der Waals surface area contributed by atoms with Gasteiger partial charge in [0, 0.05) is 5.92 Å². The van der Waals surface area contributed by atoms with Gasteiger partial charge in [0.1, 0.15) is 5.76 Å². The molecule has 15 heavy (non-hydrogen) atoms. The highest BCUT2D eigenvalue weighted by molar-refractivity contribution is 5.12. The molecule has 88 valence electrons. The van der Waals surface area contributed by atoms with E-state index in [1.165, 1.54) is 6.08 Å². The average molecular weight is 222 g/mol. The van der Waals surface area contributed by atoms with E-state index in [2.05, 4.69) is 4.74 Å². The van der Waals surface area contributed by atoms with E-state index in [9.17, 15) is 13.2 Å². The van der Waals surface area contributed by atoms with Crippen LogP contribution in [0.4, 0.5) is 13.2 Å². The summed E-state index contributed by atoms with van der Waals surface area (Å²) in [7, 11) is 0. The van der Waals surface area contributed by atoms with Crippen molar-refractivity contribution in [1.29, 1.82) is 0 Å². The Kier molecular flexibility index (Phi) is 6.13. The summed E-state index contributed by atoms with van der Waals surface area (Å²) in [4.78, 5) is 0. The monoisotopic (exact) mass is 222 g/mol. The van der Waals surface area contributed by atoms with Crippen LogP contribution in [-0.4, -0.2) is 6.36 Å². The zero-order chi connectivity index (χ0) is 11.9. The van der Waals surface area contributed by atoms with Gasteiger partial charge in [-0.05, 0) is 18.9 Å². The van der Waals surface area contributed by atoms with Crippen molar-refractivity contribution in [3.63, 3.8) is 0 Å². The van der Waals surface area contributed by atoms with Gasteiger partial charge in [0.2, 0.25) is 0 Å². The minimum Gasteiger partial charge on any atom is -0.410 e. The third kappa shape index (κ3) is 6.20. The number of hydrogen-bond acceptors (Lipinski definition) is 1. The third-order valence-corrected chi connectivity index (χ3v) is 1.88. The Labute approximate surface area is 88.6 Å². The molecule has 0 N–H and O–H groups in total. The molecule has 0 fully saturated rings. The Bertz CT molecular complexity index is 228. The standard InChI is InChI=1S/C9H11F3O.C2H6/c1-7-5-3-2-4-6-8(7)13-9(10,11)12;1-2/h2,4,6-7H,3,5H2,1H3;1-2H3. The molecular weight excluding hydrogens is 205 g/mol. The molecule has 0 aliphatic heterocycles. The maximum atomic E-state index is 11.9. The first-order valence-corrected chi connectivity index (χ1v) is 5.11. The average Bonchev–Trinajstić information content (AvgIpc) is 2.33. The van der Waals surface area contributed by atoms with Gasteiger partial charge in [-0.3, -0.25) is 0 Å². The van der Waals surface area contributed by atoms with Crippen LogP contribution < -0.4 is 0 Å². The summed E-state index contributed by atoms with van der Waals surface area (Å²) in [5.41, 5.74) is 0. The summed E-state index contributed by atoms with van der Waals surface area (Å²) in [6.45, 7) is 5.73. The minimum atomic E-state index is -4.57. The van der Waals surface area contributed by atoms with Crippen molar-refractivity contribution >= 4 is 0 Å². The number of hydrogen-bond donors (Lipinski definition) is 0. The van der Waals surface area contributed by atoms with Crippen molar-refractivity contribution in [3.05, 3.63) is 24.0 Å². The normalized spacial score (nSPS) is 20.9. The van der Waals surface area contributed by atoms with Crippen LogP contribution in [0, 0.1) is 5.92 Å². The van der Waals surface area contributed by atoms with Gasteiger partial charge in [0.15, 0.2) is 0 Å². The first-order chi connectivity index (χ1) is 6.99. The largest absolute Gasteiger partial charge is 0.572 e. The van der Waals surface area contributed by atoms with Crippen molar-refractivity contribution < 1.29 is 17.9 Å². The Morgan fingerprint density at radius 1 is 1.33 bits per heavy atom. The Morgan fingerprint density at radius 2 is 1.93 bits per heavy atom. The molecule has 1 rings (SSSR count). The maximum absolute atomic E-state index is 11.9. The lowest BCUT2D eigenvalue weighted by Crippen LogP contribution is -2.16. The van der Waals surface area contributed by atoms with Gasteiger partial charge in [-0.2, -0.15) is 0 Å². The van der Waals surface area contributed by atoms with Crippen LogP contribution in [0.2, 0.25) is 0 Å². The van der Waals surface area contributed by atoms with Gasteiger partial charge in [-0.15, -0.1) is 13.2 Å². The Hall–Kier alpha value is -0.930. The number of alkyl halides is 3. The van der Waals surface area contributed by atoms with Gasteiger partial charge in [-0.1, -0.05) is 32.9 Å². The summed E-state index contributed by atoms with van der Waals surface area (Å²) in [6, 6.07) is 0. The van der Waals surface area contributed by atoms with Gasteiger partial charge in [0.05, 0.1) is 0 Å².